The summed E-state index contributed by atoms with van der Waals surface area (Å²) in [7, 11) is 4.07. The highest BCUT2D eigenvalue weighted by Crippen LogP contribution is 2.13. The van der Waals surface area contributed by atoms with Crippen LogP contribution in [0.15, 0.2) is 35.3 Å². The first-order chi connectivity index (χ1) is 11.2. The molecule has 23 heavy (non-hydrogen) atoms. The predicted octanol–water partition coefficient (Wildman–Crippen LogP) is 2.51. The standard InChI is InChI=1S/C19H32N4/c1-16(11-12-17-8-5-4-6-9-17)22-19(20-2)21-14-18-10-7-13-23(3)15-18/h4-6,8-9,16,18H,7,10-15H2,1-3H3,(H2,20,21,22). The second kappa shape index (κ2) is 9.56. The molecule has 0 spiro atoms. The van der Waals surface area contributed by atoms with Gasteiger partial charge in [-0.3, -0.25) is 4.99 Å². The highest BCUT2D eigenvalue weighted by molar-refractivity contribution is 5.79. The second-order valence-electron chi connectivity index (χ2n) is 6.79. The van der Waals surface area contributed by atoms with Crippen LogP contribution in [-0.2, 0) is 6.42 Å². The van der Waals surface area contributed by atoms with Gasteiger partial charge in [0, 0.05) is 26.2 Å². The van der Waals surface area contributed by atoms with Crippen LogP contribution in [0.4, 0.5) is 0 Å². The third kappa shape index (κ3) is 6.61. The normalized spacial score (nSPS) is 21.0. The lowest BCUT2D eigenvalue weighted by Gasteiger charge is -2.30. The lowest BCUT2D eigenvalue weighted by molar-refractivity contribution is 0.210. The molecule has 0 amide bonds. The molecule has 0 bridgehead atoms. The van der Waals surface area contributed by atoms with E-state index >= 15 is 0 Å². The van der Waals surface area contributed by atoms with E-state index in [-0.39, 0.29) is 0 Å². The minimum absolute atomic E-state index is 0.412. The zero-order valence-corrected chi connectivity index (χ0v) is 14.9. The van der Waals surface area contributed by atoms with E-state index in [0.29, 0.717) is 6.04 Å². The summed E-state index contributed by atoms with van der Waals surface area (Å²) in [5.74, 6) is 1.66. The van der Waals surface area contributed by atoms with Crippen molar-refractivity contribution in [3.8, 4) is 0 Å². The number of hydrogen-bond donors (Lipinski definition) is 2. The van der Waals surface area contributed by atoms with E-state index in [1.165, 1.54) is 31.5 Å². The molecule has 1 aromatic rings. The Morgan fingerprint density at radius 1 is 1.35 bits per heavy atom. The Morgan fingerprint density at radius 2 is 2.13 bits per heavy atom. The predicted molar refractivity (Wildman–Crippen MR) is 98.9 cm³/mol. The van der Waals surface area contributed by atoms with E-state index < -0.39 is 0 Å². The van der Waals surface area contributed by atoms with Crippen molar-refractivity contribution < 1.29 is 0 Å². The van der Waals surface area contributed by atoms with Crippen LogP contribution in [0, 0.1) is 5.92 Å². The molecule has 0 saturated carbocycles. The number of hydrogen-bond acceptors (Lipinski definition) is 2. The van der Waals surface area contributed by atoms with Crippen LogP contribution in [0.2, 0.25) is 0 Å². The Hall–Kier alpha value is -1.55. The molecular weight excluding hydrogens is 284 g/mol. The SMILES string of the molecule is CN=C(NCC1CCCN(C)C1)NC(C)CCc1ccccc1. The zero-order valence-electron chi connectivity index (χ0n) is 14.9. The maximum absolute atomic E-state index is 4.37. The third-order valence-corrected chi connectivity index (χ3v) is 4.60. The summed E-state index contributed by atoms with van der Waals surface area (Å²) < 4.78 is 0. The maximum atomic E-state index is 4.37. The first-order valence-electron chi connectivity index (χ1n) is 8.87. The number of guanidine groups is 1. The molecule has 2 rings (SSSR count). The molecule has 1 aliphatic heterocycles. The first kappa shape index (κ1) is 17.8. The number of nitrogens with zero attached hydrogens (tertiary/aromatic N) is 2. The smallest absolute Gasteiger partial charge is 0.191 e. The topological polar surface area (TPSA) is 39.7 Å². The molecule has 1 aliphatic rings. The minimum Gasteiger partial charge on any atom is -0.356 e. The van der Waals surface area contributed by atoms with Crippen molar-refractivity contribution in [1.82, 2.24) is 15.5 Å². The fourth-order valence-electron chi connectivity index (χ4n) is 3.21. The Bertz CT molecular complexity index is 472. The number of likely N-dealkylation sites (tertiary alicyclic amines) is 1. The number of aliphatic imine (C=N–C) groups is 1. The monoisotopic (exact) mass is 316 g/mol. The summed E-state index contributed by atoms with van der Waals surface area (Å²) in [4.78, 5) is 6.79. The van der Waals surface area contributed by atoms with Gasteiger partial charge in [-0.05, 0) is 57.7 Å². The van der Waals surface area contributed by atoms with Gasteiger partial charge in [0.25, 0.3) is 0 Å². The summed E-state index contributed by atoms with van der Waals surface area (Å²) in [6.07, 6.45) is 4.83. The minimum atomic E-state index is 0.412. The van der Waals surface area contributed by atoms with Crippen molar-refractivity contribution in [3.63, 3.8) is 0 Å². The van der Waals surface area contributed by atoms with Gasteiger partial charge in [-0.2, -0.15) is 0 Å². The first-order valence-corrected chi connectivity index (χ1v) is 8.87. The highest BCUT2D eigenvalue weighted by atomic mass is 15.2. The van der Waals surface area contributed by atoms with Crippen LogP contribution in [0.3, 0.4) is 0 Å². The molecule has 2 N–H and O–H groups in total. The molecule has 0 radical (unpaired) electrons. The molecule has 0 aliphatic carbocycles. The summed E-state index contributed by atoms with van der Waals surface area (Å²) in [5, 5.41) is 7.01. The van der Waals surface area contributed by atoms with Crippen LogP contribution in [0.25, 0.3) is 0 Å². The molecule has 2 atom stereocenters. The van der Waals surface area contributed by atoms with Crippen LogP contribution in [-0.4, -0.2) is 50.6 Å². The van der Waals surface area contributed by atoms with E-state index in [4.69, 9.17) is 0 Å². The van der Waals surface area contributed by atoms with Crippen LogP contribution in [0.1, 0.15) is 31.7 Å². The molecular formula is C19H32N4. The molecule has 1 fully saturated rings. The summed E-state index contributed by atoms with van der Waals surface area (Å²) in [6.45, 7) is 5.66. The quantitative estimate of drug-likeness (QED) is 0.626. The highest BCUT2D eigenvalue weighted by Gasteiger charge is 2.17. The fraction of sp³-hybridized carbons (Fsp3) is 0.632. The second-order valence-corrected chi connectivity index (χ2v) is 6.79. The van der Waals surface area contributed by atoms with Gasteiger partial charge in [0.15, 0.2) is 5.96 Å². The molecule has 2 unspecified atom stereocenters. The summed E-state index contributed by atoms with van der Waals surface area (Å²) in [6, 6.07) is 11.1. The van der Waals surface area contributed by atoms with Crippen molar-refractivity contribution >= 4 is 5.96 Å². The van der Waals surface area contributed by atoms with Crippen LogP contribution in [0.5, 0.6) is 0 Å². The van der Waals surface area contributed by atoms with Crippen molar-refractivity contribution in [3.05, 3.63) is 35.9 Å². The van der Waals surface area contributed by atoms with Gasteiger partial charge in [-0.15, -0.1) is 0 Å². The number of aryl methyl sites for hydroxylation is 1. The van der Waals surface area contributed by atoms with Gasteiger partial charge in [-0.25, -0.2) is 0 Å². The van der Waals surface area contributed by atoms with Crippen molar-refractivity contribution in [2.45, 2.75) is 38.6 Å². The largest absolute Gasteiger partial charge is 0.356 e. The van der Waals surface area contributed by atoms with Gasteiger partial charge in [0.05, 0.1) is 0 Å². The lowest BCUT2D eigenvalue weighted by atomic mass is 9.98. The average Bonchev–Trinajstić information content (AvgIpc) is 2.58. The zero-order chi connectivity index (χ0) is 16.5. The van der Waals surface area contributed by atoms with Gasteiger partial charge in [-0.1, -0.05) is 30.3 Å². The van der Waals surface area contributed by atoms with Crippen LogP contribution < -0.4 is 10.6 Å². The van der Waals surface area contributed by atoms with Crippen LogP contribution >= 0.6 is 0 Å². The molecule has 4 heteroatoms. The number of nitrogens with one attached hydrogen (secondary N) is 2. The Balaban J connectivity index is 1.69. The fourth-order valence-corrected chi connectivity index (χ4v) is 3.21. The number of rotatable bonds is 6. The average molecular weight is 316 g/mol. The maximum Gasteiger partial charge on any atom is 0.191 e. The van der Waals surface area contributed by atoms with Gasteiger partial charge >= 0.3 is 0 Å². The van der Waals surface area contributed by atoms with Gasteiger partial charge in [0.1, 0.15) is 0 Å². The summed E-state index contributed by atoms with van der Waals surface area (Å²) >= 11 is 0. The molecule has 4 nitrogen and oxygen atoms in total. The lowest BCUT2D eigenvalue weighted by Crippen LogP contribution is -2.46. The van der Waals surface area contributed by atoms with Crippen molar-refractivity contribution in [2.75, 3.05) is 33.7 Å². The molecule has 1 saturated heterocycles. The van der Waals surface area contributed by atoms with E-state index in [0.717, 1.165) is 31.3 Å². The molecule has 0 aromatic heterocycles. The van der Waals surface area contributed by atoms with Crippen molar-refractivity contribution in [2.24, 2.45) is 10.9 Å². The third-order valence-electron chi connectivity index (χ3n) is 4.60. The van der Waals surface area contributed by atoms with Crippen molar-refractivity contribution in [1.29, 1.82) is 0 Å². The Morgan fingerprint density at radius 3 is 2.83 bits per heavy atom. The van der Waals surface area contributed by atoms with E-state index in [9.17, 15) is 0 Å². The van der Waals surface area contributed by atoms with Gasteiger partial charge in [0.2, 0.25) is 0 Å². The number of piperidine rings is 1. The molecule has 1 heterocycles. The van der Waals surface area contributed by atoms with E-state index in [2.05, 4.69) is 64.8 Å². The van der Waals surface area contributed by atoms with E-state index in [1.807, 2.05) is 7.05 Å². The molecule has 128 valence electrons. The summed E-state index contributed by atoms with van der Waals surface area (Å²) in [5.41, 5.74) is 1.40. The molecule has 1 aromatic carbocycles. The Labute approximate surface area is 141 Å². The van der Waals surface area contributed by atoms with Gasteiger partial charge < -0.3 is 15.5 Å². The number of benzene rings is 1. The Kier molecular flexibility index (Phi) is 7.40. The van der Waals surface area contributed by atoms with E-state index in [1.54, 1.807) is 0 Å².